The Balaban J connectivity index is 2.10. The van der Waals surface area contributed by atoms with Crippen molar-refractivity contribution in [3.8, 4) is 0 Å². The van der Waals surface area contributed by atoms with Gasteiger partial charge in [0.2, 0.25) is 11.8 Å². The van der Waals surface area contributed by atoms with E-state index in [9.17, 15) is 22.4 Å². The molecule has 3 aromatic rings. The SMILES string of the molecule is CN(C)S(=O)(=O)N(CC(=O)N(Cc1ccc(Cl)cc1)[C@H](Cc1ccccc1)C(=O)NC(C)(C)C)c1ccc(F)cc1. The van der Waals surface area contributed by atoms with Gasteiger partial charge in [0.15, 0.2) is 0 Å². The highest BCUT2D eigenvalue weighted by atomic mass is 35.5. The van der Waals surface area contributed by atoms with E-state index in [1.807, 2.05) is 51.1 Å². The van der Waals surface area contributed by atoms with Crippen LogP contribution in [0.25, 0.3) is 0 Å². The number of amides is 2. The Morgan fingerprint density at radius 1 is 0.902 bits per heavy atom. The molecule has 0 unspecified atom stereocenters. The monoisotopic (exact) mass is 602 g/mol. The second-order valence-electron chi connectivity index (χ2n) is 10.9. The zero-order valence-corrected chi connectivity index (χ0v) is 25.4. The Morgan fingerprint density at radius 3 is 2.02 bits per heavy atom. The first kappa shape index (κ1) is 32.0. The van der Waals surface area contributed by atoms with Crippen LogP contribution in [0.3, 0.4) is 0 Å². The van der Waals surface area contributed by atoms with Crippen LogP contribution in [0.15, 0.2) is 78.9 Å². The van der Waals surface area contributed by atoms with Crippen molar-refractivity contribution in [3.05, 3.63) is 101 Å². The third-order valence-corrected chi connectivity index (χ3v) is 8.24. The smallest absolute Gasteiger partial charge is 0.304 e. The highest BCUT2D eigenvalue weighted by Gasteiger charge is 2.35. The predicted molar refractivity (Wildman–Crippen MR) is 160 cm³/mol. The molecule has 1 atom stereocenters. The lowest BCUT2D eigenvalue weighted by atomic mass is 10.0. The molecule has 0 spiro atoms. The van der Waals surface area contributed by atoms with E-state index in [0.29, 0.717) is 10.6 Å². The molecule has 3 rings (SSSR count). The third-order valence-electron chi connectivity index (χ3n) is 6.17. The molecular formula is C30H36ClFN4O4S. The summed E-state index contributed by atoms with van der Waals surface area (Å²) in [6.45, 7) is 4.93. The molecule has 41 heavy (non-hydrogen) atoms. The number of hydrogen-bond acceptors (Lipinski definition) is 4. The summed E-state index contributed by atoms with van der Waals surface area (Å²) in [6.07, 6.45) is 0.194. The Kier molecular flexibility index (Phi) is 10.5. The van der Waals surface area contributed by atoms with Gasteiger partial charge in [-0.25, -0.2) is 8.70 Å². The number of benzene rings is 3. The molecule has 0 fully saturated rings. The van der Waals surface area contributed by atoms with Gasteiger partial charge in [-0.05, 0) is 68.3 Å². The van der Waals surface area contributed by atoms with Crippen molar-refractivity contribution in [1.82, 2.24) is 14.5 Å². The lowest BCUT2D eigenvalue weighted by Gasteiger charge is -2.35. The maximum absolute atomic E-state index is 14.2. The van der Waals surface area contributed by atoms with E-state index in [1.54, 1.807) is 24.3 Å². The van der Waals surface area contributed by atoms with Gasteiger partial charge < -0.3 is 10.2 Å². The van der Waals surface area contributed by atoms with Crippen LogP contribution in [-0.4, -0.2) is 61.7 Å². The van der Waals surface area contributed by atoms with Crippen LogP contribution in [0.5, 0.6) is 0 Å². The van der Waals surface area contributed by atoms with Crippen molar-refractivity contribution >= 4 is 39.3 Å². The molecular weight excluding hydrogens is 567 g/mol. The first-order valence-electron chi connectivity index (χ1n) is 13.0. The number of nitrogens with one attached hydrogen (secondary N) is 1. The molecule has 0 aliphatic rings. The van der Waals surface area contributed by atoms with Gasteiger partial charge in [-0.1, -0.05) is 54.1 Å². The first-order chi connectivity index (χ1) is 19.2. The van der Waals surface area contributed by atoms with Gasteiger partial charge in [0, 0.05) is 37.6 Å². The highest BCUT2D eigenvalue weighted by molar-refractivity contribution is 7.90. The Morgan fingerprint density at radius 2 is 1.49 bits per heavy atom. The minimum Gasteiger partial charge on any atom is -0.350 e. The molecule has 8 nitrogen and oxygen atoms in total. The normalized spacial score (nSPS) is 12.6. The molecule has 0 saturated heterocycles. The minimum absolute atomic E-state index is 0.0182. The average Bonchev–Trinajstić information content (AvgIpc) is 2.90. The van der Waals surface area contributed by atoms with Gasteiger partial charge in [0.05, 0.1) is 5.69 Å². The van der Waals surface area contributed by atoms with E-state index in [2.05, 4.69) is 5.32 Å². The van der Waals surface area contributed by atoms with Crippen molar-refractivity contribution in [2.45, 2.75) is 45.3 Å². The van der Waals surface area contributed by atoms with Crippen molar-refractivity contribution in [3.63, 3.8) is 0 Å². The topological polar surface area (TPSA) is 90.0 Å². The molecule has 220 valence electrons. The maximum atomic E-state index is 14.2. The zero-order valence-electron chi connectivity index (χ0n) is 23.8. The number of carbonyl (C=O) groups is 2. The number of anilines is 1. The fourth-order valence-corrected chi connectivity index (χ4v) is 5.30. The van der Waals surface area contributed by atoms with Gasteiger partial charge in [0.1, 0.15) is 18.4 Å². The summed E-state index contributed by atoms with van der Waals surface area (Å²) >= 11 is 6.08. The van der Waals surface area contributed by atoms with E-state index < -0.39 is 40.1 Å². The predicted octanol–water partition coefficient (Wildman–Crippen LogP) is 4.65. The van der Waals surface area contributed by atoms with Gasteiger partial charge in [-0.2, -0.15) is 12.7 Å². The summed E-state index contributed by atoms with van der Waals surface area (Å²) in [5.74, 6) is -1.54. The van der Waals surface area contributed by atoms with E-state index in [4.69, 9.17) is 11.6 Å². The Bertz CT molecular complexity index is 1430. The van der Waals surface area contributed by atoms with Crippen molar-refractivity contribution < 1.29 is 22.4 Å². The fraction of sp³-hybridized carbons (Fsp3) is 0.333. The van der Waals surface area contributed by atoms with Gasteiger partial charge in [-0.15, -0.1) is 0 Å². The second kappa shape index (κ2) is 13.5. The summed E-state index contributed by atoms with van der Waals surface area (Å²) in [4.78, 5) is 29.3. The number of carbonyl (C=O) groups excluding carboxylic acids is 2. The van der Waals surface area contributed by atoms with Crippen LogP contribution in [0.1, 0.15) is 31.9 Å². The number of rotatable bonds is 11. The molecule has 2 amide bonds. The van der Waals surface area contributed by atoms with Crippen LogP contribution in [0.4, 0.5) is 10.1 Å². The largest absolute Gasteiger partial charge is 0.350 e. The minimum atomic E-state index is -4.17. The number of hydrogen-bond donors (Lipinski definition) is 1. The summed E-state index contributed by atoms with van der Waals surface area (Å²) in [5.41, 5.74) is 1.05. The molecule has 0 radical (unpaired) electrons. The van der Waals surface area contributed by atoms with Crippen LogP contribution in [-0.2, 0) is 32.8 Å². The molecule has 0 aromatic heterocycles. The molecule has 11 heteroatoms. The standard InChI is InChI=1S/C30H36ClFN4O4S/c1-30(2,3)33-29(38)27(19-22-9-7-6-8-10-22)35(20-23-11-13-24(31)14-12-23)28(37)21-36(41(39,40)34(4)5)26-17-15-25(32)16-18-26/h6-18,27H,19-21H2,1-5H3,(H,33,38)/t27-/m1/s1. The quantitative estimate of drug-likeness (QED) is 0.346. The number of halogens is 2. The molecule has 0 heterocycles. The molecule has 0 bridgehead atoms. The molecule has 0 saturated carbocycles. The van der Waals surface area contributed by atoms with Crippen molar-refractivity contribution in [1.29, 1.82) is 0 Å². The van der Waals surface area contributed by atoms with Gasteiger partial charge in [-0.3, -0.25) is 9.59 Å². The van der Waals surface area contributed by atoms with Crippen LogP contribution < -0.4 is 9.62 Å². The van der Waals surface area contributed by atoms with E-state index in [0.717, 1.165) is 26.3 Å². The highest BCUT2D eigenvalue weighted by Crippen LogP contribution is 2.23. The van der Waals surface area contributed by atoms with Gasteiger partial charge >= 0.3 is 10.2 Å². The lowest BCUT2D eigenvalue weighted by molar-refractivity contribution is -0.140. The maximum Gasteiger partial charge on any atom is 0.304 e. The second-order valence-corrected chi connectivity index (χ2v) is 13.4. The Labute approximate surface area is 246 Å². The molecule has 1 N–H and O–H groups in total. The first-order valence-corrected chi connectivity index (χ1v) is 14.8. The Hall–Kier alpha value is -3.47. The van der Waals surface area contributed by atoms with Crippen molar-refractivity contribution in [2.24, 2.45) is 0 Å². The van der Waals surface area contributed by atoms with Crippen LogP contribution in [0, 0.1) is 5.82 Å². The summed E-state index contributed by atoms with van der Waals surface area (Å²) in [5, 5.41) is 3.49. The summed E-state index contributed by atoms with van der Waals surface area (Å²) in [7, 11) is -1.48. The summed E-state index contributed by atoms with van der Waals surface area (Å²) < 4.78 is 42.3. The van der Waals surface area contributed by atoms with Crippen LogP contribution >= 0.6 is 11.6 Å². The molecule has 3 aromatic carbocycles. The van der Waals surface area contributed by atoms with E-state index in [-0.39, 0.29) is 24.6 Å². The lowest BCUT2D eigenvalue weighted by Crippen LogP contribution is -2.56. The number of nitrogens with zero attached hydrogens (tertiary/aromatic N) is 3. The summed E-state index contributed by atoms with van der Waals surface area (Å²) in [6, 6.07) is 20.0. The average molecular weight is 603 g/mol. The van der Waals surface area contributed by atoms with Gasteiger partial charge in [0.25, 0.3) is 0 Å². The zero-order chi connectivity index (χ0) is 30.4. The van der Waals surface area contributed by atoms with Crippen molar-refractivity contribution in [2.75, 3.05) is 24.9 Å². The van der Waals surface area contributed by atoms with Crippen LogP contribution in [0.2, 0.25) is 5.02 Å². The van der Waals surface area contributed by atoms with E-state index >= 15 is 0 Å². The molecule has 0 aliphatic heterocycles. The third kappa shape index (κ3) is 9.01. The fourth-order valence-electron chi connectivity index (χ4n) is 4.12. The van der Waals surface area contributed by atoms with E-state index in [1.165, 1.54) is 31.1 Å². The molecule has 0 aliphatic carbocycles.